The van der Waals surface area contributed by atoms with Gasteiger partial charge in [0.05, 0.1) is 5.75 Å². The maximum atomic E-state index is 11.4. The number of aryl methyl sites for hydroxylation is 1. The van der Waals surface area contributed by atoms with E-state index in [0.29, 0.717) is 6.54 Å². The second-order valence-electron chi connectivity index (χ2n) is 4.17. The summed E-state index contributed by atoms with van der Waals surface area (Å²) in [5.41, 5.74) is 1.17. The molecule has 1 unspecified atom stereocenters. The maximum Gasteiger partial charge on any atom is 0.151 e. The molecule has 0 bridgehead atoms. The predicted molar refractivity (Wildman–Crippen MR) is 66.0 cm³/mol. The van der Waals surface area contributed by atoms with Gasteiger partial charge in [-0.05, 0) is 18.6 Å². The van der Waals surface area contributed by atoms with Crippen molar-refractivity contribution in [3.8, 4) is 0 Å². The van der Waals surface area contributed by atoms with Crippen LogP contribution in [0.25, 0.3) is 0 Å². The molecule has 0 radical (unpaired) electrons. The van der Waals surface area contributed by atoms with Gasteiger partial charge in [-0.1, -0.05) is 6.92 Å². The number of rotatable bonds is 6. The highest BCUT2D eigenvalue weighted by molar-refractivity contribution is 7.91. The average molecular weight is 244 g/mol. The molecule has 1 atom stereocenters. The SMILES string of the molecule is CCS(=O)(=O)CC(C)NCc1ccn(C)c1. The minimum absolute atomic E-state index is 0.00911. The minimum atomic E-state index is -2.89. The first kappa shape index (κ1) is 13.3. The summed E-state index contributed by atoms with van der Waals surface area (Å²) in [6.45, 7) is 4.29. The van der Waals surface area contributed by atoms with Crippen molar-refractivity contribution >= 4 is 9.84 Å². The van der Waals surface area contributed by atoms with Crippen molar-refractivity contribution < 1.29 is 8.42 Å². The van der Waals surface area contributed by atoms with Crippen molar-refractivity contribution in [3.05, 3.63) is 24.0 Å². The lowest BCUT2D eigenvalue weighted by Crippen LogP contribution is -2.33. The highest BCUT2D eigenvalue weighted by Crippen LogP contribution is 2.00. The van der Waals surface area contributed by atoms with E-state index in [1.54, 1.807) is 6.92 Å². The van der Waals surface area contributed by atoms with E-state index in [-0.39, 0.29) is 17.5 Å². The summed E-state index contributed by atoms with van der Waals surface area (Å²) in [6, 6.07) is 2.01. The first-order valence-corrected chi connectivity index (χ1v) is 7.29. The highest BCUT2D eigenvalue weighted by atomic mass is 32.2. The Balaban J connectivity index is 2.39. The zero-order valence-electron chi connectivity index (χ0n) is 10.1. The van der Waals surface area contributed by atoms with Crippen LogP contribution in [0.15, 0.2) is 18.5 Å². The lowest BCUT2D eigenvalue weighted by molar-refractivity contribution is 0.557. The van der Waals surface area contributed by atoms with E-state index in [1.807, 2.05) is 37.0 Å². The Hall–Kier alpha value is -0.810. The van der Waals surface area contributed by atoms with Crippen LogP contribution >= 0.6 is 0 Å². The molecule has 16 heavy (non-hydrogen) atoms. The van der Waals surface area contributed by atoms with E-state index in [2.05, 4.69) is 5.32 Å². The summed E-state index contributed by atoms with van der Waals surface area (Å²) in [7, 11) is -0.919. The molecule has 1 N–H and O–H groups in total. The molecule has 0 aliphatic heterocycles. The molecule has 1 rings (SSSR count). The monoisotopic (exact) mass is 244 g/mol. The van der Waals surface area contributed by atoms with Crippen molar-refractivity contribution in [1.29, 1.82) is 0 Å². The van der Waals surface area contributed by atoms with Crippen LogP contribution in [0.1, 0.15) is 19.4 Å². The Bertz CT molecular complexity index is 423. The first-order chi connectivity index (χ1) is 7.43. The van der Waals surface area contributed by atoms with Crippen LogP contribution in [0.5, 0.6) is 0 Å². The molecule has 0 aliphatic rings. The zero-order chi connectivity index (χ0) is 12.2. The molecule has 92 valence electrons. The van der Waals surface area contributed by atoms with Gasteiger partial charge in [0, 0.05) is 37.8 Å². The van der Waals surface area contributed by atoms with Gasteiger partial charge in [-0.3, -0.25) is 0 Å². The smallest absolute Gasteiger partial charge is 0.151 e. The van der Waals surface area contributed by atoms with Gasteiger partial charge in [0.1, 0.15) is 0 Å². The molecular weight excluding hydrogens is 224 g/mol. The van der Waals surface area contributed by atoms with Gasteiger partial charge < -0.3 is 9.88 Å². The number of aromatic nitrogens is 1. The summed E-state index contributed by atoms with van der Waals surface area (Å²) in [5, 5.41) is 3.21. The third kappa shape index (κ3) is 4.37. The van der Waals surface area contributed by atoms with Gasteiger partial charge >= 0.3 is 0 Å². The number of hydrogen-bond acceptors (Lipinski definition) is 3. The van der Waals surface area contributed by atoms with E-state index in [4.69, 9.17) is 0 Å². The Morgan fingerprint density at radius 2 is 2.19 bits per heavy atom. The summed E-state index contributed by atoms with van der Waals surface area (Å²) in [5.74, 6) is 0.417. The second kappa shape index (κ2) is 5.50. The normalized spacial score (nSPS) is 13.9. The summed E-state index contributed by atoms with van der Waals surface area (Å²) < 4.78 is 24.7. The maximum absolute atomic E-state index is 11.4. The van der Waals surface area contributed by atoms with Crippen LogP contribution in [-0.2, 0) is 23.4 Å². The van der Waals surface area contributed by atoms with Gasteiger partial charge in [-0.15, -0.1) is 0 Å². The molecule has 1 heterocycles. The van der Waals surface area contributed by atoms with Crippen LogP contribution in [0.3, 0.4) is 0 Å². The third-order valence-corrected chi connectivity index (χ3v) is 4.38. The fourth-order valence-electron chi connectivity index (χ4n) is 1.52. The Morgan fingerprint density at radius 3 is 2.69 bits per heavy atom. The molecule has 0 aliphatic carbocycles. The third-order valence-electron chi connectivity index (χ3n) is 2.49. The van der Waals surface area contributed by atoms with Gasteiger partial charge in [-0.2, -0.15) is 0 Å². The fourth-order valence-corrected chi connectivity index (χ4v) is 2.63. The minimum Gasteiger partial charge on any atom is -0.357 e. The van der Waals surface area contributed by atoms with Crippen LogP contribution in [0.2, 0.25) is 0 Å². The summed E-state index contributed by atoms with van der Waals surface area (Å²) in [4.78, 5) is 0. The average Bonchev–Trinajstić information content (AvgIpc) is 2.61. The van der Waals surface area contributed by atoms with Crippen LogP contribution in [0.4, 0.5) is 0 Å². The van der Waals surface area contributed by atoms with Crippen LogP contribution in [-0.4, -0.2) is 30.5 Å². The van der Waals surface area contributed by atoms with E-state index in [0.717, 1.165) is 0 Å². The van der Waals surface area contributed by atoms with Crippen molar-refractivity contribution in [2.75, 3.05) is 11.5 Å². The van der Waals surface area contributed by atoms with Crippen LogP contribution in [0, 0.1) is 0 Å². The summed E-state index contributed by atoms with van der Waals surface area (Å²) >= 11 is 0. The van der Waals surface area contributed by atoms with Crippen molar-refractivity contribution in [2.24, 2.45) is 7.05 Å². The molecule has 1 aromatic heterocycles. The zero-order valence-corrected chi connectivity index (χ0v) is 10.9. The molecule has 4 nitrogen and oxygen atoms in total. The van der Waals surface area contributed by atoms with Gasteiger partial charge in [-0.25, -0.2) is 8.42 Å². The van der Waals surface area contributed by atoms with Crippen molar-refractivity contribution in [1.82, 2.24) is 9.88 Å². The second-order valence-corrected chi connectivity index (χ2v) is 6.56. The number of nitrogens with zero attached hydrogens (tertiary/aromatic N) is 1. The van der Waals surface area contributed by atoms with E-state index < -0.39 is 9.84 Å². The quantitative estimate of drug-likeness (QED) is 0.810. The molecule has 0 spiro atoms. The van der Waals surface area contributed by atoms with Crippen molar-refractivity contribution in [2.45, 2.75) is 26.4 Å². The topological polar surface area (TPSA) is 51.1 Å². The molecule has 5 heteroatoms. The molecule has 0 fully saturated rings. The Labute approximate surface area is 97.6 Å². The molecule has 1 aromatic rings. The fraction of sp³-hybridized carbons (Fsp3) is 0.636. The van der Waals surface area contributed by atoms with Crippen LogP contribution < -0.4 is 5.32 Å². The lowest BCUT2D eigenvalue weighted by atomic mass is 10.3. The van der Waals surface area contributed by atoms with E-state index >= 15 is 0 Å². The first-order valence-electron chi connectivity index (χ1n) is 5.47. The molecule has 0 amide bonds. The highest BCUT2D eigenvalue weighted by Gasteiger charge is 2.12. The molecule has 0 aromatic carbocycles. The number of sulfone groups is 1. The molecule has 0 saturated carbocycles. The standard InChI is InChI=1S/C11H20N2O2S/c1-4-16(14,15)9-10(2)12-7-11-5-6-13(3)8-11/h5-6,8,10,12H,4,7,9H2,1-3H3. The van der Waals surface area contributed by atoms with Gasteiger partial charge in [0.15, 0.2) is 9.84 Å². The Morgan fingerprint density at radius 1 is 1.50 bits per heavy atom. The lowest BCUT2D eigenvalue weighted by Gasteiger charge is -2.12. The largest absolute Gasteiger partial charge is 0.357 e. The number of hydrogen-bond donors (Lipinski definition) is 1. The Kier molecular flexibility index (Phi) is 4.56. The van der Waals surface area contributed by atoms with E-state index in [1.165, 1.54) is 5.56 Å². The molecular formula is C11H20N2O2S. The predicted octanol–water partition coefficient (Wildman–Crippen LogP) is 0.938. The summed E-state index contributed by atoms with van der Waals surface area (Å²) in [6.07, 6.45) is 4.00. The molecule has 0 saturated heterocycles. The number of nitrogens with one attached hydrogen (secondary N) is 1. The van der Waals surface area contributed by atoms with Gasteiger partial charge in [0.25, 0.3) is 0 Å². The van der Waals surface area contributed by atoms with Gasteiger partial charge in [0.2, 0.25) is 0 Å². The van der Waals surface area contributed by atoms with E-state index in [9.17, 15) is 8.42 Å². The van der Waals surface area contributed by atoms with Crippen molar-refractivity contribution in [3.63, 3.8) is 0 Å².